The Hall–Kier alpha value is -10.2. The first-order valence-corrected chi connectivity index (χ1v) is 51.5. The number of hydrogen-bond donors (Lipinski definition) is 8. The molecule has 51 heteroatoms. The zero-order chi connectivity index (χ0) is 102. The molecule has 0 bridgehead atoms. The molecule has 4 aromatic heterocycles. The number of nitrogens with zero attached hydrogens (tertiary/aromatic N) is 12. The molecule has 0 unspecified atom stereocenters. The van der Waals surface area contributed by atoms with Gasteiger partial charge in [-0.25, -0.2) is 91.4 Å². The number of aromatic nitrogens is 4. The van der Waals surface area contributed by atoms with Gasteiger partial charge in [0.1, 0.15) is 53.5 Å². The van der Waals surface area contributed by atoms with Gasteiger partial charge in [0, 0.05) is 157 Å². The zero-order valence-corrected chi connectivity index (χ0v) is 85.1. The van der Waals surface area contributed by atoms with Gasteiger partial charge >= 0.3 is 23.9 Å². The SMILES string of the molecule is CCOC(=O)C1=C(CN2CC(F)(F)C[C@H]2C(C)(C)O)NC(c2nccs2)=N[C@H]1c1ccc(F)cc1Br.CCOC(=O)C1=C(CN2CC(F)(F)C[C@H]2C(N)=O)NC(c2nccs2)=N[C@H]1c1ccc(F)cc1Br.CCOC(=O)C1=C(CN2CC(F)(F)C[C@H]2CO)NC(c2nccs2)=N[C@H]1c1ccc(F)cc1Cl.CCOC(=O)C1=C(CN2CCS(=O)(=O)C[C@H]2C(N)=O)NC(c2nccs2)=N[C@H]1c1ccc(F)cc1Br. The largest absolute Gasteiger partial charge is 0.463 e. The second-order valence-electron chi connectivity index (χ2n) is 33.3. The van der Waals surface area contributed by atoms with Crippen molar-refractivity contribution in [2.45, 2.75) is 133 Å². The van der Waals surface area contributed by atoms with Gasteiger partial charge in [-0.2, -0.15) is 0 Å². The molecule has 0 spiro atoms. The Morgan fingerprint density at radius 2 is 0.787 bits per heavy atom. The lowest BCUT2D eigenvalue weighted by Crippen LogP contribution is -2.56. The first-order valence-electron chi connectivity index (χ1n) is 43.4. The summed E-state index contributed by atoms with van der Waals surface area (Å²) in [5, 5.41) is 41.8. The summed E-state index contributed by atoms with van der Waals surface area (Å²) in [6.07, 6.45) is 4.63. The van der Waals surface area contributed by atoms with Gasteiger partial charge in [0.2, 0.25) is 11.8 Å². The maximum atomic E-state index is 14.5. The fourth-order valence-corrected chi connectivity index (χ4v) is 22.6. The molecule has 141 heavy (non-hydrogen) atoms. The number of halogens is 14. The number of nitrogens with two attached hydrogens (primary N) is 2. The third-order valence-electron chi connectivity index (χ3n) is 22.9. The van der Waals surface area contributed by atoms with Crippen molar-refractivity contribution in [1.29, 1.82) is 0 Å². The number of ether oxygens (including phenoxy) is 4. The number of amides is 2. The van der Waals surface area contributed by atoms with E-state index in [0.717, 1.165) is 6.07 Å². The van der Waals surface area contributed by atoms with Crippen LogP contribution in [0.1, 0.15) is 127 Å². The molecule has 2 amide bonds. The van der Waals surface area contributed by atoms with Crippen LogP contribution in [-0.2, 0) is 57.6 Å². The van der Waals surface area contributed by atoms with Crippen LogP contribution in [0.15, 0.2) is 198 Å². The van der Waals surface area contributed by atoms with Crippen LogP contribution < -0.4 is 32.7 Å². The monoisotopic (exact) mass is 2270 g/mol. The third-order valence-corrected chi connectivity index (χ3v) is 30.1. The maximum Gasteiger partial charge on any atom is 0.338 e. The molecule has 8 aromatic rings. The number of sulfone groups is 1. The van der Waals surface area contributed by atoms with Crippen molar-refractivity contribution >= 4 is 174 Å². The Balaban J connectivity index is 0.000000158. The summed E-state index contributed by atoms with van der Waals surface area (Å²) in [7, 11) is -3.44. The van der Waals surface area contributed by atoms with Gasteiger partial charge in [-0.1, -0.05) is 83.7 Å². The number of likely N-dealkylation sites (tertiary alicyclic amines) is 3. The predicted molar refractivity (Wildman–Crippen MR) is 517 cm³/mol. The van der Waals surface area contributed by atoms with Crippen molar-refractivity contribution < 1.29 is 110 Å². The number of amidine groups is 4. The number of aliphatic hydroxyl groups excluding tert-OH is 1. The number of carbonyl (C=O) groups is 6. The summed E-state index contributed by atoms with van der Waals surface area (Å²) >= 11 is 21.6. The molecule has 4 saturated heterocycles. The van der Waals surface area contributed by atoms with Crippen molar-refractivity contribution in [1.82, 2.24) is 60.8 Å². The number of benzene rings is 4. The molecule has 0 radical (unpaired) electrons. The number of aliphatic hydroxyl groups is 2. The lowest BCUT2D eigenvalue weighted by atomic mass is 9.93. The Morgan fingerprint density at radius 1 is 0.475 bits per heavy atom. The molecule has 12 heterocycles. The van der Waals surface area contributed by atoms with Crippen molar-refractivity contribution in [3.05, 3.63) is 248 Å². The van der Waals surface area contributed by atoms with Gasteiger partial charge in [0.15, 0.2) is 53.2 Å². The minimum Gasteiger partial charge on any atom is -0.463 e. The van der Waals surface area contributed by atoms with E-state index in [-0.39, 0.29) is 104 Å². The van der Waals surface area contributed by atoms with E-state index >= 15 is 0 Å². The number of hydrogen-bond acceptors (Lipinski definition) is 34. The van der Waals surface area contributed by atoms with Gasteiger partial charge in [-0.05, 0) is 107 Å². The normalized spacial score (nSPS) is 22.2. The highest BCUT2D eigenvalue weighted by atomic mass is 79.9. The molecule has 10 N–H and O–H groups in total. The molecule has 16 rings (SSSR count). The Morgan fingerprint density at radius 3 is 1.11 bits per heavy atom. The van der Waals surface area contributed by atoms with Crippen molar-refractivity contribution in [2.24, 2.45) is 31.4 Å². The van der Waals surface area contributed by atoms with Crippen LogP contribution in [0.4, 0.5) is 43.9 Å². The first kappa shape index (κ1) is 108. The van der Waals surface area contributed by atoms with Crippen LogP contribution in [0.5, 0.6) is 0 Å². The van der Waals surface area contributed by atoms with Gasteiger partial charge < -0.3 is 61.9 Å². The molecule has 4 fully saturated rings. The smallest absolute Gasteiger partial charge is 0.338 e. The maximum absolute atomic E-state index is 14.5. The average molecular weight is 2280 g/mol. The van der Waals surface area contributed by atoms with Crippen molar-refractivity contribution in [3.63, 3.8) is 0 Å². The third kappa shape index (κ3) is 26.5. The van der Waals surface area contributed by atoms with Crippen molar-refractivity contribution in [2.75, 3.05) is 96.9 Å². The first-order chi connectivity index (χ1) is 66.8. The fraction of sp³-hybridized carbons (Fsp3) is 0.400. The summed E-state index contributed by atoms with van der Waals surface area (Å²) < 4.78 is 188. The van der Waals surface area contributed by atoms with E-state index in [9.17, 15) is 91.3 Å². The number of rotatable bonds is 28. The van der Waals surface area contributed by atoms with E-state index < -0.39 is 192 Å². The quantitative estimate of drug-likeness (QED) is 0.0128. The molecular formula is C90H92Br3ClF10N18O14S5. The van der Waals surface area contributed by atoms with Crippen LogP contribution in [0.3, 0.4) is 0 Å². The molecule has 0 aliphatic carbocycles. The fourth-order valence-electron chi connectivity index (χ4n) is 16.8. The molecule has 8 atom stereocenters. The number of esters is 4. The Bertz CT molecular complexity index is 6390. The number of aliphatic imine (C=N–C) groups is 4. The van der Waals surface area contributed by atoms with E-state index in [1.165, 1.54) is 141 Å². The lowest BCUT2D eigenvalue weighted by molar-refractivity contribution is -0.139. The Kier molecular flexibility index (Phi) is 35.4. The number of nitrogens with one attached hydrogen (secondary N) is 4. The van der Waals surface area contributed by atoms with E-state index in [1.54, 1.807) is 78.9 Å². The molecule has 0 saturated carbocycles. The number of alkyl halides is 6. The summed E-state index contributed by atoms with van der Waals surface area (Å²) in [5.74, 6) is -14.7. The summed E-state index contributed by atoms with van der Waals surface area (Å²) in [5.41, 5.74) is 12.9. The molecule has 4 aromatic carbocycles. The highest BCUT2D eigenvalue weighted by Gasteiger charge is 2.53. The summed E-state index contributed by atoms with van der Waals surface area (Å²) in [6.45, 7) is 7.17. The van der Waals surface area contributed by atoms with Crippen LogP contribution in [0, 0.1) is 23.3 Å². The topological polar surface area (TPSA) is 428 Å². The lowest BCUT2D eigenvalue weighted by Gasteiger charge is -2.36. The van der Waals surface area contributed by atoms with Crippen LogP contribution in [0.2, 0.25) is 5.02 Å². The summed E-state index contributed by atoms with van der Waals surface area (Å²) in [4.78, 5) is 118. The van der Waals surface area contributed by atoms with Crippen LogP contribution in [-0.4, -0.2) is 262 Å². The minimum absolute atomic E-state index is 0.00299. The second kappa shape index (κ2) is 46.2. The molecule has 32 nitrogen and oxygen atoms in total. The second-order valence-corrected chi connectivity index (χ2v) is 42.1. The average Bonchev–Trinajstić information content (AvgIpc) is 1.72. The van der Waals surface area contributed by atoms with Gasteiger partial charge in [0.25, 0.3) is 17.8 Å². The number of primary amides is 2. The number of thiazole rings is 4. The molecule has 8 aliphatic heterocycles. The highest BCUT2D eigenvalue weighted by molar-refractivity contribution is 9.11. The summed E-state index contributed by atoms with van der Waals surface area (Å²) in [6, 6.07) is 8.09. The van der Waals surface area contributed by atoms with E-state index in [1.807, 2.05) is 0 Å². The highest BCUT2D eigenvalue weighted by Crippen LogP contribution is 2.46. The number of carbonyl (C=O) groups excluding carboxylic acids is 6. The van der Waals surface area contributed by atoms with Gasteiger partial charge in [-0.3, -0.25) is 49.2 Å². The van der Waals surface area contributed by atoms with E-state index in [0.29, 0.717) is 90.4 Å². The molecular weight excluding hydrogens is 2180 g/mol. The Labute approximate surface area is 847 Å². The zero-order valence-electron chi connectivity index (χ0n) is 75.5. The van der Waals surface area contributed by atoms with Gasteiger partial charge in [0.05, 0.1) is 98.1 Å². The minimum atomic E-state index is -3.44. The van der Waals surface area contributed by atoms with E-state index in [2.05, 4.69) is 99.0 Å². The van der Waals surface area contributed by atoms with Gasteiger partial charge in [-0.15, -0.1) is 45.3 Å². The van der Waals surface area contributed by atoms with Crippen LogP contribution in [0.25, 0.3) is 0 Å². The molecule has 754 valence electrons. The molecule has 8 aliphatic rings. The van der Waals surface area contributed by atoms with Crippen molar-refractivity contribution in [3.8, 4) is 0 Å². The van der Waals surface area contributed by atoms with Crippen LogP contribution >= 0.6 is 105 Å². The predicted octanol–water partition coefficient (Wildman–Crippen LogP) is 12.7. The standard InChI is InChI=1S/C24H26BrF3N4O3S.C22H21BrF3N5O3S.C22H23BrFN5O5S2.C22H22ClF3N4O3S/c1-4-35-22(33)18-16(11-32-12-24(27,28)10-17(32)23(2,3)34)30-20(21-29-7-8-36-21)31-19(18)14-6-5-13(26)9-15(14)25;1-2-34-21(33)16-14(9-31-10-22(25,26)8-15(31)18(27)32)29-19(20-28-5-6-35-20)30-17(16)12-4-3-11(24)7-13(12)23;1-2-34-22(31)17-15(10-29-6-8-36(32,33)11-16(29)19(25)30)27-20(21-26-5-7-35-21)28-18(17)13-4-3-12(24)9-14(13)23;1-2-33-21(32)17-16(9-30-11-22(25,26)8-13(30)10-31)28-19(20-27-5-6-34-20)29-18(17)14-4-3-12(24)7-15(14)23/h5-9,17,19,34H,4,10-12H2,1-3H3,(H,30,31);3-7,15,17H,2,8-10H2,1H3,(H2,27,32)(H,29,30);3-5,7,9,16,18H,2,6,8,10-11H2,1H3,(H2,25,30)(H,27,28);3-7,13,18,31H,2,8-11H2,1H3,(H,28,29)/t17-,19-;15-,17-;16-,18-;13-,18-/m0000/s1. The van der Waals surface area contributed by atoms with E-state index in [4.69, 9.17) is 52.0 Å².